The third-order valence-corrected chi connectivity index (χ3v) is 2.58. The number of hydrogen-bond acceptors (Lipinski definition) is 4. The van der Waals surface area contributed by atoms with Gasteiger partial charge in [0.1, 0.15) is 6.10 Å². The van der Waals surface area contributed by atoms with Crippen molar-refractivity contribution in [1.82, 2.24) is 0 Å². The molecule has 112 valence electrons. The van der Waals surface area contributed by atoms with Gasteiger partial charge in [-0.15, -0.1) is 0 Å². The first kappa shape index (κ1) is 16.6. The molecule has 0 bridgehead atoms. The Bertz CT molecular complexity index is 434. The molecule has 0 amide bonds. The van der Waals surface area contributed by atoms with Crippen molar-refractivity contribution >= 4 is 5.69 Å². The van der Waals surface area contributed by atoms with E-state index in [1.807, 2.05) is 20.8 Å². The molecule has 0 aliphatic rings. The van der Waals surface area contributed by atoms with Gasteiger partial charge in [-0.3, -0.25) is 10.1 Å². The van der Waals surface area contributed by atoms with E-state index in [9.17, 15) is 10.1 Å². The minimum absolute atomic E-state index is 0.0776. The van der Waals surface area contributed by atoms with Gasteiger partial charge in [0.2, 0.25) is 0 Å². The van der Waals surface area contributed by atoms with Gasteiger partial charge in [-0.05, 0) is 50.8 Å². The molecular weight excluding hydrogens is 258 g/mol. The summed E-state index contributed by atoms with van der Waals surface area (Å²) in [5.74, 6) is 0.429. The van der Waals surface area contributed by atoms with Gasteiger partial charge < -0.3 is 0 Å². The number of non-ortho nitro benzene ring substituents is 1. The zero-order valence-corrected chi connectivity index (χ0v) is 12.8. The predicted octanol–water partition coefficient (Wildman–Crippen LogP) is 4.43. The topological polar surface area (TPSA) is 61.6 Å². The van der Waals surface area contributed by atoms with Crippen LogP contribution < -0.4 is 0 Å². The van der Waals surface area contributed by atoms with E-state index in [-0.39, 0.29) is 11.8 Å². The summed E-state index contributed by atoms with van der Waals surface area (Å²) in [5.41, 5.74) is 0.568. The first-order chi connectivity index (χ1) is 9.19. The van der Waals surface area contributed by atoms with E-state index in [0.717, 1.165) is 12.0 Å². The molecule has 1 aromatic rings. The van der Waals surface area contributed by atoms with Gasteiger partial charge in [0, 0.05) is 12.1 Å². The first-order valence-electron chi connectivity index (χ1n) is 6.78. The summed E-state index contributed by atoms with van der Waals surface area (Å²) in [6.45, 7) is 9.93. The molecule has 0 heterocycles. The van der Waals surface area contributed by atoms with Gasteiger partial charge in [-0.2, -0.15) is 0 Å². The van der Waals surface area contributed by atoms with Crippen LogP contribution in [0.4, 0.5) is 5.69 Å². The van der Waals surface area contributed by atoms with Crippen molar-refractivity contribution in [3.8, 4) is 0 Å². The number of nitro benzene ring substituents is 1. The third kappa shape index (κ3) is 5.67. The molecule has 0 aromatic heterocycles. The monoisotopic (exact) mass is 281 g/mol. The van der Waals surface area contributed by atoms with E-state index in [1.165, 1.54) is 12.1 Å². The molecule has 0 spiro atoms. The number of rotatable bonds is 6. The minimum Gasteiger partial charge on any atom is -0.258 e. The van der Waals surface area contributed by atoms with E-state index in [0.29, 0.717) is 5.92 Å². The average Bonchev–Trinajstić information content (AvgIpc) is 2.33. The Morgan fingerprint density at radius 1 is 1.20 bits per heavy atom. The van der Waals surface area contributed by atoms with E-state index >= 15 is 0 Å². The largest absolute Gasteiger partial charge is 0.269 e. The highest BCUT2D eigenvalue weighted by molar-refractivity contribution is 5.33. The molecule has 20 heavy (non-hydrogen) atoms. The molecule has 5 nitrogen and oxygen atoms in total. The highest BCUT2D eigenvalue weighted by atomic mass is 17.2. The number of benzene rings is 1. The van der Waals surface area contributed by atoms with Crippen LogP contribution in [0.3, 0.4) is 0 Å². The maximum Gasteiger partial charge on any atom is 0.269 e. The lowest BCUT2D eigenvalue weighted by Crippen LogP contribution is -2.21. The van der Waals surface area contributed by atoms with Gasteiger partial charge in [-0.25, -0.2) is 9.78 Å². The van der Waals surface area contributed by atoms with E-state index in [1.54, 1.807) is 12.1 Å². The van der Waals surface area contributed by atoms with Crippen molar-refractivity contribution in [3.05, 3.63) is 39.9 Å². The summed E-state index contributed by atoms with van der Waals surface area (Å²) in [4.78, 5) is 21.2. The van der Waals surface area contributed by atoms with Crippen LogP contribution in [0.2, 0.25) is 0 Å². The fourth-order valence-corrected chi connectivity index (χ4v) is 1.67. The Kier molecular flexibility index (Phi) is 5.65. The van der Waals surface area contributed by atoms with Crippen LogP contribution in [-0.4, -0.2) is 10.5 Å². The molecule has 0 N–H and O–H groups in total. The normalized spacial score (nSPS) is 13.5. The highest BCUT2D eigenvalue weighted by Gasteiger charge is 2.20. The lowest BCUT2D eigenvalue weighted by Gasteiger charge is -2.24. The summed E-state index contributed by atoms with van der Waals surface area (Å²) in [6, 6.07) is 6.42. The van der Waals surface area contributed by atoms with Crippen LogP contribution >= 0.6 is 0 Å². The Balaban J connectivity index is 2.84. The average molecular weight is 281 g/mol. The van der Waals surface area contributed by atoms with Crippen molar-refractivity contribution in [2.75, 3.05) is 0 Å². The molecule has 1 aromatic carbocycles. The summed E-state index contributed by atoms with van der Waals surface area (Å²) in [6.07, 6.45) is 0.559. The molecule has 0 aliphatic carbocycles. The molecule has 1 unspecified atom stereocenters. The molecule has 1 atom stereocenters. The quantitative estimate of drug-likeness (QED) is 0.439. The van der Waals surface area contributed by atoms with Crippen molar-refractivity contribution in [3.63, 3.8) is 0 Å². The van der Waals surface area contributed by atoms with Crippen LogP contribution in [0.25, 0.3) is 0 Å². The molecular formula is C15H23NO4. The molecule has 0 saturated heterocycles. The second-order valence-corrected chi connectivity index (χ2v) is 6.26. The van der Waals surface area contributed by atoms with Crippen LogP contribution in [-0.2, 0) is 9.78 Å². The molecule has 0 radical (unpaired) electrons. The fraction of sp³-hybridized carbons (Fsp3) is 0.600. The summed E-state index contributed by atoms with van der Waals surface area (Å²) in [5, 5.41) is 10.7. The summed E-state index contributed by atoms with van der Waals surface area (Å²) >= 11 is 0. The standard InChI is InChI=1S/C15H23NO4/c1-11(2)10-14(19-20-15(3,4)5)12-6-8-13(9-7-12)16(17)18/h6-9,11,14H,10H2,1-5H3. The van der Waals surface area contributed by atoms with Crippen molar-refractivity contribution in [2.45, 2.75) is 52.7 Å². The lowest BCUT2D eigenvalue weighted by atomic mass is 9.99. The van der Waals surface area contributed by atoms with Crippen molar-refractivity contribution < 1.29 is 14.7 Å². The summed E-state index contributed by atoms with van der Waals surface area (Å²) < 4.78 is 0. The van der Waals surface area contributed by atoms with Crippen LogP contribution in [0.1, 0.15) is 52.7 Å². The third-order valence-electron chi connectivity index (χ3n) is 2.58. The van der Waals surface area contributed by atoms with Crippen molar-refractivity contribution in [2.24, 2.45) is 5.92 Å². The van der Waals surface area contributed by atoms with Crippen LogP contribution in [0.15, 0.2) is 24.3 Å². The van der Waals surface area contributed by atoms with Gasteiger partial charge in [-0.1, -0.05) is 13.8 Å². The lowest BCUT2D eigenvalue weighted by molar-refractivity contribution is -0.385. The Morgan fingerprint density at radius 2 is 1.75 bits per heavy atom. The maximum atomic E-state index is 10.7. The van der Waals surface area contributed by atoms with Crippen LogP contribution in [0.5, 0.6) is 0 Å². The first-order valence-corrected chi connectivity index (χ1v) is 6.78. The maximum absolute atomic E-state index is 10.7. The second-order valence-electron chi connectivity index (χ2n) is 6.26. The van der Waals surface area contributed by atoms with E-state index < -0.39 is 10.5 Å². The molecule has 0 saturated carbocycles. The van der Waals surface area contributed by atoms with E-state index in [4.69, 9.17) is 9.78 Å². The Labute approximate surface area is 120 Å². The van der Waals surface area contributed by atoms with Gasteiger partial charge in [0.15, 0.2) is 0 Å². The zero-order chi connectivity index (χ0) is 15.3. The van der Waals surface area contributed by atoms with Crippen LogP contribution in [0, 0.1) is 16.0 Å². The van der Waals surface area contributed by atoms with Gasteiger partial charge >= 0.3 is 0 Å². The number of nitrogens with zero attached hydrogens (tertiary/aromatic N) is 1. The predicted molar refractivity (Wildman–Crippen MR) is 77.2 cm³/mol. The molecule has 1 rings (SSSR count). The van der Waals surface area contributed by atoms with E-state index in [2.05, 4.69) is 13.8 Å². The number of hydrogen-bond donors (Lipinski definition) is 0. The number of nitro groups is 1. The second kappa shape index (κ2) is 6.81. The highest BCUT2D eigenvalue weighted by Crippen LogP contribution is 2.28. The van der Waals surface area contributed by atoms with Crippen molar-refractivity contribution in [1.29, 1.82) is 0 Å². The summed E-state index contributed by atoms with van der Waals surface area (Å²) in [7, 11) is 0. The molecule has 0 fully saturated rings. The zero-order valence-electron chi connectivity index (χ0n) is 12.8. The SMILES string of the molecule is CC(C)CC(OOC(C)(C)C)c1ccc([N+](=O)[O-])cc1. The molecule has 0 aliphatic heterocycles. The van der Waals surface area contributed by atoms with Gasteiger partial charge in [0.25, 0.3) is 5.69 Å². The van der Waals surface area contributed by atoms with Gasteiger partial charge in [0.05, 0.1) is 10.5 Å². The Morgan fingerprint density at radius 3 is 2.15 bits per heavy atom. The Hall–Kier alpha value is -1.46. The smallest absolute Gasteiger partial charge is 0.258 e. The molecule has 5 heteroatoms. The fourth-order valence-electron chi connectivity index (χ4n) is 1.67. The minimum atomic E-state index is -0.409.